The lowest BCUT2D eigenvalue weighted by molar-refractivity contribution is 0.508. The van der Waals surface area contributed by atoms with Crippen molar-refractivity contribution < 1.29 is 13.6 Å². The fourth-order valence-electron chi connectivity index (χ4n) is 0.859. The maximum Gasteiger partial charge on any atom is 0.202 e. The molecule has 0 bridgehead atoms. The second-order valence-electron chi connectivity index (χ2n) is 2.42. The van der Waals surface area contributed by atoms with Crippen LogP contribution in [0, 0.1) is 11.6 Å². The molecule has 0 aromatic heterocycles. The molecule has 0 aliphatic carbocycles. The largest absolute Gasteiger partial charge is 0.291 e. The first-order chi connectivity index (χ1) is 6.24. The number of hydrogen-bond acceptors (Lipinski definition) is 1. The fraction of sp³-hybridized carbons (Fsp3) is 0.100. The van der Waals surface area contributed by atoms with E-state index in [0.29, 0.717) is 5.56 Å². The van der Waals surface area contributed by atoms with E-state index in [1.54, 1.807) is 6.29 Å². The number of hydrogen-bond donors (Lipinski definition) is 0. The molecule has 1 radical (unpaired) electrons. The smallest absolute Gasteiger partial charge is 0.202 e. The highest BCUT2D eigenvalue weighted by Gasteiger charge is 1.99. The van der Waals surface area contributed by atoms with Crippen molar-refractivity contribution in [3.8, 4) is 0 Å². The summed E-state index contributed by atoms with van der Waals surface area (Å²) in [5.41, 5.74) is 0.522. The van der Waals surface area contributed by atoms with Gasteiger partial charge in [-0.2, -0.15) is 0 Å². The standard InChI is InChI=1S/C10H7F2O/c11-9-5-4-8(7-10(9)12)3-1-2-6-13/h1,3-5,7H,2H2/b3-1+. The number of benzene rings is 1. The Labute approximate surface area is 74.7 Å². The average molecular weight is 181 g/mol. The van der Waals surface area contributed by atoms with E-state index in [1.807, 2.05) is 0 Å². The summed E-state index contributed by atoms with van der Waals surface area (Å²) in [6.07, 6.45) is 4.87. The predicted molar refractivity (Wildman–Crippen MR) is 45.7 cm³/mol. The molecule has 0 heterocycles. The highest BCUT2D eigenvalue weighted by molar-refractivity contribution is 5.58. The first-order valence-electron chi connectivity index (χ1n) is 3.70. The van der Waals surface area contributed by atoms with Crippen molar-refractivity contribution in [3.63, 3.8) is 0 Å². The Hall–Kier alpha value is -1.51. The molecule has 13 heavy (non-hydrogen) atoms. The van der Waals surface area contributed by atoms with Gasteiger partial charge in [0.15, 0.2) is 11.6 Å². The van der Waals surface area contributed by atoms with Crippen molar-refractivity contribution in [3.05, 3.63) is 41.5 Å². The van der Waals surface area contributed by atoms with Gasteiger partial charge in [0.05, 0.1) is 0 Å². The van der Waals surface area contributed by atoms with Gasteiger partial charge in [-0.15, -0.1) is 0 Å². The van der Waals surface area contributed by atoms with E-state index >= 15 is 0 Å². The van der Waals surface area contributed by atoms with Gasteiger partial charge in [-0.05, 0) is 17.7 Å². The minimum absolute atomic E-state index is 0.152. The molecule has 0 saturated heterocycles. The second kappa shape index (κ2) is 4.50. The first kappa shape index (κ1) is 9.58. The Balaban J connectivity index is 2.79. The van der Waals surface area contributed by atoms with Crippen LogP contribution in [-0.2, 0) is 4.79 Å². The topological polar surface area (TPSA) is 17.1 Å². The zero-order chi connectivity index (χ0) is 9.68. The van der Waals surface area contributed by atoms with Crippen LogP contribution in [0.4, 0.5) is 8.78 Å². The van der Waals surface area contributed by atoms with Crippen LogP contribution in [0.2, 0.25) is 0 Å². The monoisotopic (exact) mass is 181 g/mol. The Morgan fingerprint density at radius 2 is 2.08 bits per heavy atom. The maximum atomic E-state index is 12.6. The number of allylic oxidation sites excluding steroid dienone is 1. The third-order valence-corrected chi connectivity index (χ3v) is 1.46. The van der Waals surface area contributed by atoms with E-state index in [1.165, 1.54) is 18.2 Å². The molecular weight excluding hydrogens is 174 g/mol. The van der Waals surface area contributed by atoms with Crippen molar-refractivity contribution >= 4 is 12.4 Å². The highest BCUT2D eigenvalue weighted by Crippen LogP contribution is 2.09. The first-order valence-corrected chi connectivity index (χ1v) is 3.70. The van der Waals surface area contributed by atoms with Gasteiger partial charge in [-0.25, -0.2) is 8.78 Å². The lowest BCUT2D eigenvalue weighted by Crippen LogP contribution is -1.83. The lowest BCUT2D eigenvalue weighted by Gasteiger charge is -1.94. The van der Waals surface area contributed by atoms with E-state index < -0.39 is 11.6 Å². The molecule has 1 rings (SSSR count). The van der Waals surface area contributed by atoms with Crippen LogP contribution in [-0.4, -0.2) is 6.29 Å². The van der Waals surface area contributed by atoms with Crippen LogP contribution in [0.25, 0.3) is 6.08 Å². The minimum Gasteiger partial charge on any atom is -0.291 e. The SMILES string of the molecule is O=[C]C/C=C/c1ccc(F)c(F)c1. The summed E-state index contributed by atoms with van der Waals surface area (Å²) in [4.78, 5) is 9.81. The van der Waals surface area contributed by atoms with E-state index in [0.717, 1.165) is 12.1 Å². The van der Waals surface area contributed by atoms with Gasteiger partial charge >= 0.3 is 0 Å². The molecule has 67 valence electrons. The molecule has 1 aromatic carbocycles. The van der Waals surface area contributed by atoms with Gasteiger partial charge in [0.1, 0.15) is 0 Å². The lowest BCUT2D eigenvalue weighted by atomic mass is 10.2. The summed E-state index contributed by atoms with van der Waals surface area (Å²) in [5.74, 6) is -1.77. The molecule has 0 aliphatic heterocycles. The zero-order valence-corrected chi connectivity index (χ0v) is 6.76. The molecular formula is C10H7F2O. The van der Waals surface area contributed by atoms with Gasteiger partial charge in [0.25, 0.3) is 0 Å². The van der Waals surface area contributed by atoms with E-state index in [2.05, 4.69) is 0 Å². The van der Waals surface area contributed by atoms with Crippen molar-refractivity contribution in [2.45, 2.75) is 6.42 Å². The molecule has 1 nitrogen and oxygen atoms in total. The van der Waals surface area contributed by atoms with Crippen LogP contribution in [0.15, 0.2) is 24.3 Å². The molecule has 0 N–H and O–H groups in total. The van der Waals surface area contributed by atoms with Crippen molar-refractivity contribution in [2.75, 3.05) is 0 Å². The van der Waals surface area contributed by atoms with Crippen LogP contribution in [0.3, 0.4) is 0 Å². The molecule has 0 saturated carbocycles. The summed E-state index contributed by atoms with van der Waals surface area (Å²) < 4.78 is 25.0. The number of carbonyl (C=O) groups excluding carboxylic acids is 1. The van der Waals surface area contributed by atoms with Crippen LogP contribution in [0.5, 0.6) is 0 Å². The van der Waals surface area contributed by atoms with Crippen molar-refractivity contribution in [2.24, 2.45) is 0 Å². The average Bonchev–Trinajstić information content (AvgIpc) is 2.12. The zero-order valence-electron chi connectivity index (χ0n) is 6.76. The molecule has 0 atom stereocenters. The highest BCUT2D eigenvalue weighted by atomic mass is 19.2. The molecule has 3 heteroatoms. The molecule has 0 fully saturated rings. The normalized spacial score (nSPS) is 10.6. The van der Waals surface area contributed by atoms with E-state index in [9.17, 15) is 13.6 Å². The van der Waals surface area contributed by atoms with Crippen LogP contribution >= 0.6 is 0 Å². The number of halogens is 2. The number of rotatable bonds is 3. The Kier molecular flexibility index (Phi) is 3.31. The second-order valence-corrected chi connectivity index (χ2v) is 2.42. The molecule has 0 spiro atoms. The molecule has 0 unspecified atom stereocenters. The van der Waals surface area contributed by atoms with E-state index in [4.69, 9.17) is 0 Å². The fourth-order valence-corrected chi connectivity index (χ4v) is 0.859. The van der Waals surface area contributed by atoms with E-state index in [-0.39, 0.29) is 6.42 Å². The maximum absolute atomic E-state index is 12.6. The third-order valence-electron chi connectivity index (χ3n) is 1.46. The van der Waals surface area contributed by atoms with Crippen molar-refractivity contribution in [1.82, 2.24) is 0 Å². The minimum atomic E-state index is -0.891. The predicted octanol–water partition coefficient (Wildman–Crippen LogP) is 2.48. The molecule has 0 aliphatic rings. The van der Waals surface area contributed by atoms with Crippen molar-refractivity contribution in [1.29, 1.82) is 0 Å². The summed E-state index contributed by atoms with van der Waals surface area (Å²) >= 11 is 0. The summed E-state index contributed by atoms with van der Waals surface area (Å²) in [5, 5.41) is 0. The van der Waals surface area contributed by atoms with Gasteiger partial charge in [-0.1, -0.05) is 18.2 Å². The third kappa shape index (κ3) is 2.78. The molecule has 0 amide bonds. The van der Waals surface area contributed by atoms with Gasteiger partial charge in [-0.3, -0.25) is 4.79 Å². The Bertz CT molecular complexity index is 332. The quantitative estimate of drug-likeness (QED) is 0.700. The Morgan fingerprint density at radius 3 is 2.69 bits per heavy atom. The van der Waals surface area contributed by atoms with Crippen LogP contribution < -0.4 is 0 Å². The summed E-state index contributed by atoms with van der Waals surface area (Å²) in [7, 11) is 0. The van der Waals surface area contributed by atoms with Gasteiger partial charge < -0.3 is 0 Å². The molecule has 1 aromatic rings. The Morgan fingerprint density at radius 1 is 1.31 bits per heavy atom. The summed E-state index contributed by atoms with van der Waals surface area (Å²) in [6, 6.07) is 3.54. The van der Waals surface area contributed by atoms with Crippen LogP contribution in [0.1, 0.15) is 12.0 Å². The summed E-state index contributed by atoms with van der Waals surface area (Å²) in [6.45, 7) is 0. The van der Waals surface area contributed by atoms with Gasteiger partial charge in [0.2, 0.25) is 6.29 Å². The van der Waals surface area contributed by atoms with Gasteiger partial charge in [0, 0.05) is 6.42 Å².